The molecule has 0 aliphatic heterocycles. The van der Waals surface area contributed by atoms with Gasteiger partial charge in [0.25, 0.3) is 11.8 Å². The van der Waals surface area contributed by atoms with E-state index in [1.54, 1.807) is 0 Å². The van der Waals surface area contributed by atoms with Crippen LogP contribution in [0.25, 0.3) is 0 Å². The van der Waals surface area contributed by atoms with Crippen molar-refractivity contribution in [3.63, 3.8) is 0 Å². The lowest BCUT2D eigenvalue weighted by Gasteiger charge is -2.19. The third-order valence-corrected chi connectivity index (χ3v) is 4.56. The zero-order valence-corrected chi connectivity index (χ0v) is 18.9. The molecule has 0 heterocycles. The molecule has 10 heteroatoms. The number of benzene rings is 2. The molecule has 1 N–H and O–H groups in total. The minimum absolute atomic E-state index is 0.0299. The normalized spacial score (nSPS) is 9.74. The number of hydrogen-bond acceptors (Lipinski definition) is 7. The Hall–Kier alpha value is -4.83. The Balaban J connectivity index is 2.18. The maximum atomic E-state index is 13.5. The SMILES string of the molecule is C#CC(=O)Nc1cc(OC)c(OCCCN(C(=O)C#C)C(=O)c2cccc(F)c2)cc1C(=O)OC. The number of halogens is 1. The Morgan fingerprint density at radius 2 is 1.80 bits per heavy atom. The third-order valence-electron chi connectivity index (χ3n) is 4.56. The number of hydrogen-bond donors (Lipinski definition) is 1. The van der Waals surface area contributed by atoms with Gasteiger partial charge in [-0.1, -0.05) is 6.07 Å². The van der Waals surface area contributed by atoms with Crippen molar-refractivity contribution >= 4 is 29.4 Å². The molecule has 0 saturated heterocycles. The molecule has 9 nitrogen and oxygen atoms in total. The number of amides is 3. The van der Waals surface area contributed by atoms with Crippen LogP contribution in [-0.4, -0.2) is 56.0 Å². The van der Waals surface area contributed by atoms with E-state index in [2.05, 4.69) is 5.32 Å². The highest BCUT2D eigenvalue weighted by atomic mass is 19.1. The number of terminal acetylenes is 2. The summed E-state index contributed by atoms with van der Waals surface area (Å²) in [6, 6.07) is 7.48. The zero-order chi connectivity index (χ0) is 26.0. The maximum Gasteiger partial charge on any atom is 0.340 e. The first-order valence-electron chi connectivity index (χ1n) is 10.0. The van der Waals surface area contributed by atoms with Crippen LogP contribution >= 0.6 is 0 Å². The summed E-state index contributed by atoms with van der Waals surface area (Å²) in [7, 11) is 2.50. The smallest absolute Gasteiger partial charge is 0.340 e. The molecule has 0 spiro atoms. The van der Waals surface area contributed by atoms with Gasteiger partial charge in [-0.3, -0.25) is 19.3 Å². The van der Waals surface area contributed by atoms with Crippen LogP contribution in [0, 0.1) is 30.5 Å². The number of esters is 1. The van der Waals surface area contributed by atoms with Crippen LogP contribution < -0.4 is 14.8 Å². The molecule has 0 radical (unpaired) electrons. The maximum absolute atomic E-state index is 13.5. The Kier molecular flexibility index (Phi) is 9.38. The lowest BCUT2D eigenvalue weighted by atomic mass is 10.1. The van der Waals surface area contributed by atoms with Crippen molar-refractivity contribution in [3.05, 3.63) is 53.3 Å². The largest absolute Gasteiger partial charge is 0.493 e. The average Bonchev–Trinajstić information content (AvgIpc) is 2.87. The summed E-state index contributed by atoms with van der Waals surface area (Å²) in [5.41, 5.74) is -0.0312. The summed E-state index contributed by atoms with van der Waals surface area (Å²) in [6.07, 6.45) is 10.4. The van der Waals surface area contributed by atoms with E-state index in [1.165, 1.54) is 31.4 Å². The van der Waals surface area contributed by atoms with Crippen molar-refractivity contribution in [2.24, 2.45) is 0 Å². The standard InChI is InChI=1S/C25H21FN2O7/c1-5-22(29)27-19-15-20(33-3)21(14-18(19)25(32)34-4)35-12-8-11-28(23(30)6-2)24(31)16-9-7-10-17(26)13-16/h1-2,7,9-10,13-15H,8,11-12H2,3-4H3,(H,27,29). The third kappa shape index (κ3) is 6.83. The van der Waals surface area contributed by atoms with E-state index in [4.69, 9.17) is 27.1 Å². The Bertz CT molecular complexity index is 1230. The van der Waals surface area contributed by atoms with E-state index in [1.807, 2.05) is 11.8 Å². The molecule has 0 aromatic heterocycles. The highest BCUT2D eigenvalue weighted by Gasteiger charge is 2.22. The van der Waals surface area contributed by atoms with Gasteiger partial charge in [-0.2, -0.15) is 0 Å². The number of carbonyl (C=O) groups is 4. The van der Waals surface area contributed by atoms with Crippen LogP contribution in [0.5, 0.6) is 11.5 Å². The molecule has 0 bridgehead atoms. The highest BCUT2D eigenvalue weighted by Crippen LogP contribution is 2.34. The van der Waals surface area contributed by atoms with Gasteiger partial charge in [0.1, 0.15) is 5.82 Å². The van der Waals surface area contributed by atoms with Crippen LogP contribution in [0.3, 0.4) is 0 Å². The van der Waals surface area contributed by atoms with E-state index >= 15 is 0 Å². The molecule has 0 aliphatic rings. The predicted octanol–water partition coefficient (Wildman–Crippen LogP) is 2.26. The number of anilines is 1. The van der Waals surface area contributed by atoms with Crippen molar-refractivity contribution in [1.82, 2.24) is 4.90 Å². The van der Waals surface area contributed by atoms with Gasteiger partial charge in [0.15, 0.2) is 11.5 Å². The number of methoxy groups -OCH3 is 2. The van der Waals surface area contributed by atoms with Crippen LogP contribution in [0.2, 0.25) is 0 Å². The van der Waals surface area contributed by atoms with Gasteiger partial charge in [-0.15, -0.1) is 12.8 Å². The van der Waals surface area contributed by atoms with Crippen LogP contribution in [0.15, 0.2) is 36.4 Å². The van der Waals surface area contributed by atoms with Crippen molar-refractivity contribution in [2.45, 2.75) is 6.42 Å². The van der Waals surface area contributed by atoms with Gasteiger partial charge in [-0.05, 0) is 36.5 Å². The van der Waals surface area contributed by atoms with E-state index in [-0.39, 0.29) is 47.9 Å². The fourth-order valence-corrected chi connectivity index (χ4v) is 2.93. The van der Waals surface area contributed by atoms with Gasteiger partial charge in [0.05, 0.1) is 32.1 Å². The fraction of sp³-hybridized carbons (Fsp3) is 0.200. The van der Waals surface area contributed by atoms with Gasteiger partial charge < -0.3 is 19.5 Å². The second-order valence-corrected chi connectivity index (χ2v) is 6.76. The summed E-state index contributed by atoms with van der Waals surface area (Å²) in [6.45, 7) is -0.154. The highest BCUT2D eigenvalue weighted by molar-refractivity contribution is 6.10. The minimum atomic E-state index is -0.890. The fourth-order valence-electron chi connectivity index (χ4n) is 2.93. The quantitative estimate of drug-likeness (QED) is 0.333. The molecule has 3 amide bonds. The molecule has 180 valence electrons. The van der Waals surface area contributed by atoms with E-state index in [0.29, 0.717) is 0 Å². The lowest BCUT2D eigenvalue weighted by molar-refractivity contribution is -0.122. The topological polar surface area (TPSA) is 111 Å². The van der Waals surface area contributed by atoms with Crippen LogP contribution in [0.4, 0.5) is 10.1 Å². The number of carbonyl (C=O) groups excluding carboxylic acids is 4. The monoisotopic (exact) mass is 480 g/mol. The van der Waals surface area contributed by atoms with Crippen molar-refractivity contribution in [3.8, 4) is 36.2 Å². The molecule has 2 rings (SSSR count). The van der Waals surface area contributed by atoms with E-state index in [0.717, 1.165) is 24.1 Å². The Morgan fingerprint density at radius 1 is 1.06 bits per heavy atom. The van der Waals surface area contributed by atoms with E-state index < -0.39 is 29.5 Å². The lowest BCUT2D eigenvalue weighted by Crippen LogP contribution is -2.37. The van der Waals surface area contributed by atoms with E-state index in [9.17, 15) is 23.6 Å². The average molecular weight is 480 g/mol. The Morgan fingerprint density at radius 3 is 2.40 bits per heavy atom. The van der Waals surface area contributed by atoms with Crippen molar-refractivity contribution in [2.75, 3.05) is 32.7 Å². The summed E-state index contributed by atoms with van der Waals surface area (Å²) in [5, 5.41) is 2.37. The number of nitrogens with one attached hydrogen (secondary N) is 1. The molecule has 2 aromatic carbocycles. The number of rotatable bonds is 9. The summed E-state index contributed by atoms with van der Waals surface area (Å²) >= 11 is 0. The first kappa shape index (κ1) is 26.4. The molecule has 0 aliphatic carbocycles. The van der Waals surface area contributed by atoms with Gasteiger partial charge in [0, 0.05) is 24.2 Å². The first-order chi connectivity index (χ1) is 16.7. The van der Waals surface area contributed by atoms with Crippen molar-refractivity contribution < 1.29 is 37.8 Å². The minimum Gasteiger partial charge on any atom is -0.493 e. The number of nitrogens with zero attached hydrogens (tertiary/aromatic N) is 1. The summed E-state index contributed by atoms with van der Waals surface area (Å²) in [4.78, 5) is 49.3. The number of imide groups is 1. The second kappa shape index (κ2) is 12.4. The van der Waals surface area contributed by atoms with Gasteiger partial charge >= 0.3 is 11.9 Å². The van der Waals surface area contributed by atoms with Gasteiger partial charge in [0.2, 0.25) is 0 Å². The van der Waals surface area contributed by atoms with Crippen LogP contribution in [0.1, 0.15) is 27.1 Å². The molecule has 35 heavy (non-hydrogen) atoms. The molecular formula is C25H21FN2O7. The van der Waals surface area contributed by atoms with Crippen molar-refractivity contribution in [1.29, 1.82) is 0 Å². The molecule has 0 fully saturated rings. The molecule has 0 saturated carbocycles. The number of ether oxygens (including phenoxy) is 3. The Labute approximate surface area is 201 Å². The molecule has 0 unspecified atom stereocenters. The second-order valence-electron chi connectivity index (χ2n) is 6.76. The first-order valence-corrected chi connectivity index (χ1v) is 10.0. The molecule has 0 atom stereocenters. The molecule has 2 aromatic rings. The zero-order valence-electron chi connectivity index (χ0n) is 18.9. The predicted molar refractivity (Wildman–Crippen MR) is 123 cm³/mol. The van der Waals surface area contributed by atoms with Crippen LogP contribution in [-0.2, 0) is 14.3 Å². The van der Waals surface area contributed by atoms with Gasteiger partial charge in [-0.25, -0.2) is 9.18 Å². The summed E-state index contributed by atoms with van der Waals surface area (Å²) in [5.74, 6) is 0.193. The summed E-state index contributed by atoms with van der Waals surface area (Å²) < 4.78 is 29.1. The molecular weight excluding hydrogens is 459 g/mol.